The molecule has 0 heterocycles. The largest absolute Gasteiger partial charge is 0.493 e. The minimum atomic E-state index is -0.944. The van der Waals surface area contributed by atoms with E-state index >= 15 is 0 Å². The topological polar surface area (TPSA) is 55.8 Å². The van der Waals surface area contributed by atoms with Crippen LogP contribution in [-0.4, -0.2) is 30.9 Å². The Bertz CT molecular complexity index is 353. The van der Waals surface area contributed by atoms with Crippen molar-refractivity contribution >= 4 is 5.97 Å². The predicted octanol–water partition coefficient (Wildman–Crippen LogP) is 2.17. The van der Waals surface area contributed by atoms with Crippen LogP contribution in [0.15, 0.2) is 18.2 Å². The highest BCUT2D eigenvalue weighted by Crippen LogP contribution is 2.16. The third kappa shape index (κ3) is 5.92. The highest BCUT2D eigenvalue weighted by Gasteiger charge is 1.98. The van der Waals surface area contributed by atoms with Crippen LogP contribution in [-0.2, 0) is 9.53 Å². The molecule has 0 atom stereocenters. The summed E-state index contributed by atoms with van der Waals surface area (Å²) in [5.41, 5.74) is 2.34. The fourth-order valence-corrected chi connectivity index (χ4v) is 1.53. The minimum absolute atomic E-state index is 0.246. The van der Waals surface area contributed by atoms with Crippen LogP contribution < -0.4 is 4.74 Å². The van der Waals surface area contributed by atoms with Gasteiger partial charge in [0.2, 0.25) is 0 Å². The number of benzene rings is 1. The number of ether oxygens (including phenoxy) is 2. The van der Waals surface area contributed by atoms with Crippen molar-refractivity contribution in [3.63, 3.8) is 0 Å². The molecule has 4 nitrogen and oxygen atoms in total. The zero-order chi connectivity index (χ0) is 12.7. The molecule has 0 aliphatic carbocycles. The molecule has 0 radical (unpaired) electrons. The van der Waals surface area contributed by atoms with Gasteiger partial charge in [-0.1, -0.05) is 6.07 Å². The maximum absolute atomic E-state index is 10.2. The summed E-state index contributed by atoms with van der Waals surface area (Å²) >= 11 is 0. The SMILES string of the molecule is Cc1cc(C)cc(OCCCOCC(=O)O)c1. The lowest BCUT2D eigenvalue weighted by Crippen LogP contribution is -2.09. The fraction of sp³-hybridized carbons (Fsp3) is 0.462. The number of aryl methyl sites for hydroxylation is 2. The summed E-state index contributed by atoms with van der Waals surface area (Å²) in [5, 5.41) is 8.35. The lowest BCUT2D eigenvalue weighted by atomic mass is 10.1. The van der Waals surface area contributed by atoms with Gasteiger partial charge in [0.15, 0.2) is 0 Å². The number of carboxylic acids is 1. The Morgan fingerprint density at radius 2 is 1.82 bits per heavy atom. The third-order valence-corrected chi connectivity index (χ3v) is 2.12. The summed E-state index contributed by atoms with van der Waals surface area (Å²) in [5.74, 6) is -0.0963. The number of carbonyl (C=O) groups is 1. The van der Waals surface area contributed by atoms with Crippen LogP contribution in [0.3, 0.4) is 0 Å². The predicted molar refractivity (Wildman–Crippen MR) is 64.5 cm³/mol. The molecule has 0 unspecified atom stereocenters. The van der Waals surface area contributed by atoms with Gasteiger partial charge in [-0.15, -0.1) is 0 Å². The number of aliphatic carboxylic acids is 1. The molecule has 0 fully saturated rings. The monoisotopic (exact) mass is 238 g/mol. The average Bonchev–Trinajstić information content (AvgIpc) is 2.21. The highest BCUT2D eigenvalue weighted by molar-refractivity contribution is 5.67. The quantitative estimate of drug-likeness (QED) is 0.740. The highest BCUT2D eigenvalue weighted by atomic mass is 16.5. The van der Waals surface area contributed by atoms with Crippen LogP contribution in [0.25, 0.3) is 0 Å². The van der Waals surface area contributed by atoms with Gasteiger partial charge in [0.25, 0.3) is 0 Å². The summed E-state index contributed by atoms with van der Waals surface area (Å²) in [7, 11) is 0. The zero-order valence-electron chi connectivity index (χ0n) is 10.2. The molecule has 1 aromatic carbocycles. The van der Waals surface area contributed by atoms with Crippen molar-refractivity contribution < 1.29 is 19.4 Å². The van der Waals surface area contributed by atoms with Crippen molar-refractivity contribution in [2.45, 2.75) is 20.3 Å². The van der Waals surface area contributed by atoms with Gasteiger partial charge < -0.3 is 14.6 Å². The van der Waals surface area contributed by atoms with E-state index in [9.17, 15) is 4.79 Å². The third-order valence-electron chi connectivity index (χ3n) is 2.12. The standard InChI is InChI=1S/C13H18O4/c1-10-6-11(2)8-12(7-10)17-5-3-4-16-9-13(14)15/h6-8H,3-5,9H2,1-2H3,(H,14,15). The van der Waals surface area contributed by atoms with Gasteiger partial charge in [-0.05, 0) is 37.1 Å². The smallest absolute Gasteiger partial charge is 0.329 e. The second-order valence-electron chi connectivity index (χ2n) is 3.97. The summed E-state index contributed by atoms with van der Waals surface area (Å²) < 4.78 is 10.4. The zero-order valence-corrected chi connectivity index (χ0v) is 10.2. The molecule has 0 aliphatic rings. The van der Waals surface area contributed by atoms with Crippen molar-refractivity contribution in [2.24, 2.45) is 0 Å². The Kier molecular flexibility index (Phi) is 5.49. The Hall–Kier alpha value is -1.55. The normalized spacial score (nSPS) is 10.2. The first-order valence-corrected chi connectivity index (χ1v) is 5.58. The van der Waals surface area contributed by atoms with Crippen LogP contribution in [0.4, 0.5) is 0 Å². The minimum Gasteiger partial charge on any atom is -0.493 e. The maximum atomic E-state index is 10.2. The Labute approximate surface area is 101 Å². The molecule has 1 N–H and O–H groups in total. The Morgan fingerprint density at radius 1 is 1.18 bits per heavy atom. The first-order valence-electron chi connectivity index (χ1n) is 5.58. The van der Waals surface area contributed by atoms with E-state index in [-0.39, 0.29) is 6.61 Å². The van der Waals surface area contributed by atoms with Crippen molar-refractivity contribution in [1.82, 2.24) is 0 Å². The van der Waals surface area contributed by atoms with E-state index in [1.807, 2.05) is 26.0 Å². The van der Waals surface area contributed by atoms with Gasteiger partial charge in [0.05, 0.1) is 13.2 Å². The lowest BCUT2D eigenvalue weighted by molar-refractivity contribution is -0.142. The molecule has 0 bridgehead atoms. The van der Waals surface area contributed by atoms with E-state index < -0.39 is 5.97 Å². The summed E-state index contributed by atoms with van der Waals surface area (Å²) in [4.78, 5) is 10.2. The van der Waals surface area contributed by atoms with Crippen LogP contribution in [0, 0.1) is 13.8 Å². The van der Waals surface area contributed by atoms with Crippen LogP contribution >= 0.6 is 0 Å². The molecule has 0 saturated carbocycles. The average molecular weight is 238 g/mol. The van der Waals surface area contributed by atoms with Gasteiger partial charge in [-0.25, -0.2) is 4.79 Å². The molecule has 1 rings (SSSR count). The Morgan fingerprint density at radius 3 is 2.41 bits per heavy atom. The molecule has 0 spiro atoms. The van der Waals surface area contributed by atoms with Gasteiger partial charge >= 0.3 is 5.97 Å². The molecular formula is C13H18O4. The first kappa shape index (κ1) is 13.5. The Balaban J connectivity index is 2.20. The summed E-state index contributed by atoms with van der Waals surface area (Å²) in [6.45, 7) is 4.73. The van der Waals surface area contributed by atoms with E-state index in [0.29, 0.717) is 19.6 Å². The molecule has 94 valence electrons. The first-order chi connectivity index (χ1) is 8.08. The number of hydrogen-bond donors (Lipinski definition) is 1. The molecular weight excluding hydrogens is 220 g/mol. The van der Waals surface area contributed by atoms with Crippen molar-refractivity contribution in [3.8, 4) is 5.75 Å². The van der Waals surface area contributed by atoms with Crippen LogP contribution in [0.2, 0.25) is 0 Å². The summed E-state index contributed by atoms with van der Waals surface area (Å²) in [6.07, 6.45) is 0.681. The maximum Gasteiger partial charge on any atom is 0.329 e. The number of carboxylic acid groups (broad SMARTS) is 1. The molecule has 0 aliphatic heterocycles. The fourth-order valence-electron chi connectivity index (χ4n) is 1.53. The van der Waals surface area contributed by atoms with Crippen LogP contribution in [0.5, 0.6) is 5.75 Å². The van der Waals surface area contributed by atoms with Gasteiger partial charge in [-0.3, -0.25) is 0 Å². The summed E-state index contributed by atoms with van der Waals surface area (Å²) in [6, 6.07) is 6.04. The van der Waals surface area contributed by atoms with E-state index in [1.54, 1.807) is 0 Å². The second kappa shape index (κ2) is 6.91. The van der Waals surface area contributed by atoms with Crippen molar-refractivity contribution in [3.05, 3.63) is 29.3 Å². The second-order valence-corrected chi connectivity index (χ2v) is 3.97. The molecule has 0 saturated heterocycles. The molecule has 17 heavy (non-hydrogen) atoms. The van der Waals surface area contributed by atoms with Crippen molar-refractivity contribution in [1.29, 1.82) is 0 Å². The molecule has 0 aromatic heterocycles. The molecule has 4 heteroatoms. The number of hydrogen-bond acceptors (Lipinski definition) is 3. The van der Waals surface area contributed by atoms with Gasteiger partial charge in [0, 0.05) is 6.42 Å². The number of rotatable bonds is 7. The van der Waals surface area contributed by atoms with E-state index in [1.165, 1.54) is 11.1 Å². The van der Waals surface area contributed by atoms with Gasteiger partial charge in [0.1, 0.15) is 12.4 Å². The van der Waals surface area contributed by atoms with E-state index in [2.05, 4.69) is 6.07 Å². The van der Waals surface area contributed by atoms with E-state index in [4.69, 9.17) is 14.6 Å². The van der Waals surface area contributed by atoms with E-state index in [0.717, 1.165) is 5.75 Å². The molecule has 0 amide bonds. The van der Waals surface area contributed by atoms with Crippen LogP contribution in [0.1, 0.15) is 17.5 Å². The lowest BCUT2D eigenvalue weighted by Gasteiger charge is -2.08. The molecule has 1 aromatic rings. The van der Waals surface area contributed by atoms with Gasteiger partial charge in [-0.2, -0.15) is 0 Å². The van der Waals surface area contributed by atoms with Crippen molar-refractivity contribution in [2.75, 3.05) is 19.8 Å².